The molecule has 0 aliphatic heterocycles. The van der Waals surface area contributed by atoms with Gasteiger partial charge >= 0.3 is 11.9 Å². The first-order valence-corrected chi connectivity index (χ1v) is 22.8. The maximum Gasteiger partial charge on any atom is 0.303 e. The Labute approximate surface area is 389 Å². The Morgan fingerprint density at radius 2 is 0.884 bits per heavy atom. The van der Waals surface area contributed by atoms with Gasteiger partial charge in [-0.15, -0.1) is 0 Å². The molecule has 0 unspecified atom stereocenters. The van der Waals surface area contributed by atoms with Crippen LogP contribution in [-0.2, 0) is 42.7 Å². The summed E-state index contributed by atoms with van der Waals surface area (Å²) in [5.41, 5.74) is 4.52. The van der Waals surface area contributed by atoms with Crippen molar-refractivity contribution in [3.05, 3.63) is 162 Å². The number of carbonyl (C=O) groups excluding carboxylic acids is 4. The fourth-order valence-corrected chi connectivity index (χ4v) is 8.08. The molecule has 352 valence electrons. The molecule has 0 spiro atoms. The van der Waals surface area contributed by atoms with E-state index in [-0.39, 0.29) is 59.3 Å². The number of hydrazone groups is 2. The first-order valence-electron chi connectivity index (χ1n) is 20.0. The highest BCUT2D eigenvalue weighted by atomic mass is 32.2. The van der Waals surface area contributed by atoms with E-state index in [1.807, 2.05) is 0 Å². The molecule has 1 heterocycles. The standard InChI is InChI=1S/C45H34N6O16S2/c52-31-21-34(44(59)46-29-11-13-32-25(17-29)19-36(68(61,62)63)40(42(32)57)50-48-27-7-1-23(2-8-27)5-15-38(53)54)67-35(22-31)45(60)47-30-12-14-33-26(18-30)20-37(69(64,65)66)41(43(33)58)51-49-28-9-3-24(4-10-28)6-16-39(55)56/h1-4,7-14,17-22,48-49H,5-6,15-16H2,(H,46,59)(H,47,60)(H,53,54)(H,55,56)(H,61,62,63)(H,64,65,66)/b50-40-,51-41-. The summed E-state index contributed by atoms with van der Waals surface area (Å²) >= 11 is 0. The van der Waals surface area contributed by atoms with Gasteiger partial charge in [0.15, 0.2) is 28.4 Å². The zero-order valence-corrected chi connectivity index (χ0v) is 36.8. The number of hydrogen-bond donors (Lipinski definition) is 8. The van der Waals surface area contributed by atoms with Gasteiger partial charge in [-0.2, -0.15) is 27.0 Å². The van der Waals surface area contributed by atoms with Crippen molar-refractivity contribution >= 4 is 102 Å². The van der Waals surface area contributed by atoms with Crippen LogP contribution < -0.4 is 26.9 Å². The lowest BCUT2D eigenvalue weighted by Crippen LogP contribution is -2.27. The molecule has 0 fully saturated rings. The molecule has 0 atom stereocenters. The summed E-state index contributed by atoms with van der Waals surface area (Å²) in [6, 6.07) is 21.4. The number of carboxylic acids is 2. The van der Waals surface area contributed by atoms with Crippen molar-refractivity contribution in [2.24, 2.45) is 10.2 Å². The average molecular weight is 979 g/mol. The number of hydrogen-bond acceptors (Lipinski definition) is 16. The Balaban J connectivity index is 1.06. The van der Waals surface area contributed by atoms with E-state index in [9.17, 15) is 59.5 Å². The van der Waals surface area contributed by atoms with Gasteiger partial charge in [0.1, 0.15) is 9.81 Å². The van der Waals surface area contributed by atoms with Crippen LogP contribution in [0.3, 0.4) is 0 Å². The van der Waals surface area contributed by atoms with Crippen LogP contribution in [0.5, 0.6) is 0 Å². The SMILES string of the molecule is O=C(O)CCc1ccc(N/N=C2\C(=O)c3ccc(NC(=O)c4cc(=O)cc(C(=O)Nc5ccc6c(c5)C=C(S(=O)(=O)O)/C(=N/Nc5ccc(CCC(=O)O)cc5)C6=O)o4)cc3C=C2S(=O)(=O)O)cc1. The van der Waals surface area contributed by atoms with Gasteiger partial charge in [0.2, 0.25) is 11.6 Å². The highest BCUT2D eigenvalue weighted by molar-refractivity contribution is 7.91. The van der Waals surface area contributed by atoms with E-state index in [0.29, 0.717) is 22.5 Å². The largest absolute Gasteiger partial charge is 0.481 e. The van der Waals surface area contributed by atoms with Gasteiger partial charge in [0, 0.05) is 47.5 Å². The van der Waals surface area contributed by atoms with Crippen LogP contribution >= 0.6 is 0 Å². The zero-order chi connectivity index (χ0) is 49.8. The topological polar surface area (TPSA) is 355 Å². The molecule has 4 aromatic carbocycles. The van der Waals surface area contributed by atoms with Crippen molar-refractivity contribution in [2.75, 3.05) is 21.5 Å². The number of fused-ring (bicyclic) bond motifs is 2. The van der Waals surface area contributed by atoms with Gasteiger partial charge < -0.3 is 25.3 Å². The van der Waals surface area contributed by atoms with Gasteiger partial charge in [-0.05, 0) is 108 Å². The average Bonchev–Trinajstić information content (AvgIpc) is 3.29. The van der Waals surface area contributed by atoms with Crippen LogP contribution in [0, 0.1) is 0 Å². The second-order valence-corrected chi connectivity index (χ2v) is 17.8. The summed E-state index contributed by atoms with van der Waals surface area (Å²) in [5, 5.41) is 30.5. The molecule has 0 saturated heterocycles. The monoisotopic (exact) mass is 978 g/mol. The van der Waals surface area contributed by atoms with Crippen LogP contribution in [0.4, 0.5) is 22.7 Å². The minimum Gasteiger partial charge on any atom is -0.481 e. The Morgan fingerprint density at radius 3 is 1.23 bits per heavy atom. The van der Waals surface area contributed by atoms with Gasteiger partial charge in [-0.3, -0.25) is 53.5 Å². The third-order valence-electron chi connectivity index (χ3n) is 10.1. The maximum absolute atomic E-state index is 13.5. The Bertz CT molecular complexity index is 3210. The molecule has 0 radical (unpaired) electrons. The van der Waals surface area contributed by atoms with E-state index in [1.54, 1.807) is 24.3 Å². The molecule has 1 aromatic heterocycles. The minimum absolute atomic E-state index is 0.0509. The minimum atomic E-state index is -5.06. The molecule has 69 heavy (non-hydrogen) atoms. The molecule has 22 nitrogen and oxygen atoms in total. The van der Waals surface area contributed by atoms with E-state index in [2.05, 4.69) is 31.7 Å². The maximum atomic E-state index is 13.5. The highest BCUT2D eigenvalue weighted by Crippen LogP contribution is 2.30. The lowest BCUT2D eigenvalue weighted by atomic mass is 9.94. The molecule has 24 heteroatoms. The number of allylic oxidation sites excluding steroid dienone is 2. The number of rotatable bonds is 16. The van der Waals surface area contributed by atoms with Crippen molar-refractivity contribution in [1.29, 1.82) is 0 Å². The Kier molecular flexibility index (Phi) is 13.7. The van der Waals surface area contributed by atoms with Crippen LogP contribution in [0.1, 0.15) is 76.9 Å². The number of ketones is 2. The van der Waals surface area contributed by atoms with E-state index in [0.717, 1.165) is 24.3 Å². The van der Waals surface area contributed by atoms with Crippen LogP contribution in [0.15, 0.2) is 126 Å². The zero-order valence-electron chi connectivity index (χ0n) is 35.1. The van der Waals surface area contributed by atoms with E-state index in [4.69, 9.17) is 14.6 Å². The molecule has 2 amide bonds. The quantitative estimate of drug-likeness (QED) is 0.0478. The fraction of sp³-hybridized carbons (Fsp3) is 0.0889. The summed E-state index contributed by atoms with van der Waals surface area (Å²) < 4.78 is 75.2. The molecule has 2 aliphatic rings. The molecule has 8 N–H and O–H groups in total. The molecule has 0 bridgehead atoms. The number of benzene rings is 4. The second kappa shape index (κ2) is 19.6. The number of carbonyl (C=O) groups is 6. The molecular weight excluding hydrogens is 945 g/mol. The lowest BCUT2D eigenvalue weighted by Gasteiger charge is -2.17. The smallest absolute Gasteiger partial charge is 0.303 e. The molecule has 5 aromatic rings. The number of nitrogens with one attached hydrogen (secondary N) is 4. The number of amides is 2. The first kappa shape index (κ1) is 48.2. The van der Waals surface area contributed by atoms with Gasteiger partial charge in [0.25, 0.3) is 32.1 Å². The van der Waals surface area contributed by atoms with Crippen molar-refractivity contribution in [1.82, 2.24) is 0 Å². The number of anilines is 4. The normalized spacial score (nSPS) is 14.5. The van der Waals surface area contributed by atoms with Crippen LogP contribution in [0.2, 0.25) is 0 Å². The van der Waals surface area contributed by atoms with Crippen LogP contribution in [-0.4, -0.2) is 82.9 Å². The molecule has 2 aliphatic carbocycles. The van der Waals surface area contributed by atoms with Crippen LogP contribution in [0.25, 0.3) is 12.2 Å². The summed E-state index contributed by atoms with van der Waals surface area (Å²) in [4.78, 5) is 86.3. The summed E-state index contributed by atoms with van der Waals surface area (Å²) in [7, 11) is -10.1. The van der Waals surface area contributed by atoms with Crippen molar-refractivity contribution in [3.63, 3.8) is 0 Å². The van der Waals surface area contributed by atoms with E-state index in [1.165, 1.54) is 60.7 Å². The van der Waals surface area contributed by atoms with Crippen molar-refractivity contribution < 1.29 is 69.3 Å². The molecule has 7 rings (SSSR count). The van der Waals surface area contributed by atoms with E-state index >= 15 is 0 Å². The van der Waals surface area contributed by atoms with E-state index < -0.39 is 93.7 Å². The van der Waals surface area contributed by atoms with Gasteiger partial charge in [-0.25, -0.2) is 0 Å². The Hall–Kier alpha value is -8.71. The number of carboxylic acid groups (broad SMARTS) is 2. The summed E-state index contributed by atoms with van der Waals surface area (Å²) in [6.07, 6.45) is 2.19. The molecular formula is C45H34N6O16S2. The lowest BCUT2D eigenvalue weighted by molar-refractivity contribution is -0.138. The predicted molar refractivity (Wildman–Crippen MR) is 248 cm³/mol. The van der Waals surface area contributed by atoms with Crippen molar-refractivity contribution in [3.8, 4) is 0 Å². The first-order chi connectivity index (χ1) is 32.6. The third-order valence-corrected chi connectivity index (χ3v) is 11.8. The predicted octanol–water partition coefficient (Wildman–Crippen LogP) is 4.97. The number of aryl methyl sites for hydroxylation is 2. The summed E-state index contributed by atoms with van der Waals surface area (Å²) in [5.74, 6) is -7.28. The highest BCUT2D eigenvalue weighted by Gasteiger charge is 2.35. The number of Topliss-reactive ketones (excluding diaryl/α,β-unsaturated/α-hetero) is 2. The van der Waals surface area contributed by atoms with Gasteiger partial charge in [-0.1, -0.05) is 24.3 Å². The Morgan fingerprint density at radius 1 is 0.522 bits per heavy atom. The third kappa shape index (κ3) is 11.6. The van der Waals surface area contributed by atoms with Crippen molar-refractivity contribution in [2.45, 2.75) is 25.7 Å². The fourth-order valence-electron chi connectivity index (χ4n) is 6.76. The summed E-state index contributed by atoms with van der Waals surface area (Å²) in [6.45, 7) is 0. The molecule has 0 saturated carbocycles. The number of nitrogens with zero attached hydrogens (tertiary/aromatic N) is 2. The second-order valence-electron chi connectivity index (χ2n) is 15.0. The number of aliphatic carboxylic acids is 2. The van der Waals surface area contributed by atoms with Gasteiger partial charge in [0.05, 0.1) is 11.4 Å².